The quantitative estimate of drug-likeness (QED) is 0.387. The van der Waals surface area contributed by atoms with Crippen molar-refractivity contribution in [3.8, 4) is 5.75 Å². The van der Waals surface area contributed by atoms with E-state index in [1.54, 1.807) is 6.08 Å². The van der Waals surface area contributed by atoms with Crippen molar-refractivity contribution in [3.63, 3.8) is 0 Å². The number of hydrogen-bond donors (Lipinski definition) is 0. The highest BCUT2D eigenvalue weighted by atomic mass is 127. The fourth-order valence-electron chi connectivity index (χ4n) is 2.64. The summed E-state index contributed by atoms with van der Waals surface area (Å²) in [5, 5.41) is -0.194. The molecule has 2 aromatic rings. The van der Waals surface area contributed by atoms with Gasteiger partial charge in [-0.1, -0.05) is 42.8 Å². The van der Waals surface area contributed by atoms with Gasteiger partial charge in [-0.3, -0.25) is 14.5 Å². The van der Waals surface area contributed by atoms with Gasteiger partial charge in [0.25, 0.3) is 11.1 Å². The fraction of sp³-hybridized carbons (Fsp3) is 0.238. The molecule has 0 spiro atoms. The van der Waals surface area contributed by atoms with Crippen LogP contribution in [0.1, 0.15) is 30.0 Å². The molecule has 4 nitrogen and oxygen atoms in total. The van der Waals surface area contributed by atoms with Gasteiger partial charge in [-0.05, 0) is 77.0 Å². The molecule has 1 heterocycles. The predicted octanol–water partition coefficient (Wildman–Crippen LogP) is 5.62. The predicted molar refractivity (Wildman–Crippen MR) is 118 cm³/mol. The Morgan fingerprint density at radius 3 is 2.56 bits per heavy atom. The van der Waals surface area contributed by atoms with Crippen molar-refractivity contribution in [2.45, 2.75) is 26.9 Å². The van der Waals surface area contributed by atoms with Crippen molar-refractivity contribution in [2.24, 2.45) is 0 Å². The van der Waals surface area contributed by atoms with Crippen LogP contribution < -0.4 is 4.74 Å². The second-order valence-corrected chi connectivity index (χ2v) is 8.45. The molecule has 0 bridgehead atoms. The number of nitrogens with zero attached hydrogens (tertiary/aromatic N) is 1. The summed E-state index contributed by atoms with van der Waals surface area (Å²) in [4.78, 5) is 26.1. The van der Waals surface area contributed by atoms with Gasteiger partial charge in [-0.2, -0.15) is 0 Å². The lowest BCUT2D eigenvalue weighted by molar-refractivity contribution is -0.122. The van der Waals surface area contributed by atoms with E-state index in [-0.39, 0.29) is 11.1 Å². The Labute approximate surface area is 177 Å². The Balaban J connectivity index is 1.70. The molecule has 0 aromatic heterocycles. The molecule has 2 amide bonds. The third kappa shape index (κ3) is 4.93. The summed E-state index contributed by atoms with van der Waals surface area (Å²) < 4.78 is 6.87. The van der Waals surface area contributed by atoms with E-state index in [0.717, 1.165) is 38.6 Å². The standard InChI is InChI=1S/C21H20INO3S/c1-3-10-23-20(24)19(27-21(23)25)12-16-8-9-18(17(22)11-16)26-13-15-6-4-14(2)5-7-15/h4-9,11-12H,3,10,13H2,1-2H3/b19-12+. The zero-order valence-electron chi connectivity index (χ0n) is 15.2. The molecule has 27 heavy (non-hydrogen) atoms. The first kappa shape index (κ1) is 19.9. The van der Waals surface area contributed by atoms with Crippen molar-refractivity contribution in [1.29, 1.82) is 0 Å². The molecule has 0 aliphatic carbocycles. The fourth-order valence-corrected chi connectivity index (χ4v) is 4.20. The average Bonchev–Trinajstić information content (AvgIpc) is 2.90. The molecule has 6 heteroatoms. The van der Waals surface area contributed by atoms with Crippen LogP contribution in [0.25, 0.3) is 6.08 Å². The maximum absolute atomic E-state index is 12.3. The van der Waals surface area contributed by atoms with Gasteiger partial charge in [0.15, 0.2) is 0 Å². The van der Waals surface area contributed by atoms with Crippen molar-refractivity contribution in [2.75, 3.05) is 6.54 Å². The number of hydrogen-bond acceptors (Lipinski definition) is 4. The Morgan fingerprint density at radius 2 is 1.89 bits per heavy atom. The molecule has 140 valence electrons. The third-order valence-corrected chi connectivity index (χ3v) is 5.84. The van der Waals surface area contributed by atoms with E-state index in [1.807, 2.05) is 25.1 Å². The van der Waals surface area contributed by atoms with E-state index in [9.17, 15) is 9.59 Å². The normalized spacial score (nSPS) is 15.7. The molecule has 1 aliphatic rings. The highest BCUT2D eigenvalue weighted by Gasteiger charge is 2.34. The summed E-state index contributed by atoms with van der Waals surface area (Å²) >= 11 is 3.22. The van der Waals surface area contributed by atoms with Crippen molar-refractivity contribution >= 4 is 51.6 Å². The molecule has 1 fully saturated rings. The van der Waals surface area contributed by atoms with Crippen LogP contribution in [0.5, 0.6) is 5.75 Å². The van der Waals surface area contributed by atoms with Crippen LogP contribution in [0.2, 0.25) is 0 Å². The first-order valence-electron chi connectivity index (χ1n) is 8.71. The minimum atomic E-state index is -0.207. The number of halogens is 1. The zero-order chi connectivity index (χ0) is 19.4. The molecule has 1 aliphatic heterocycles. The van der Waals surface area contributed by atoms with Gasteiger partial charge < -0.3 is 4.74 Å². The molecule has 0 saturated carbocycles. The zero-order valence-corrected chi connectivity index (χ0v) is 18.2. The van der Waals surface area contributed by atoms with E-state index in [1.165, 1.54) is 10.5 Å². The number of aryl methyl sites for hydroxylation is 1. The van der Waals surface area contributed by atoms with E-state index in [2.05, 4.69) is 53.8 Å². The van der Waals surface area contributed by atoms with Crippen LogP contribution in [-0.4, -0.2) is 22.6 Å². The molecule has 3 rings (SSSR count). The Bertz CT molecular complexity index is 893. The third-order valence-electron chi connectivity index (χ3n) is 4.09. The molecule has 0 unspecified atom stereocenters. The average molecular weight is 493 g/mol. The first-order chi connectivity index (χ1) is 13.0. The lowest BCUT2D eigenvalue weighted by atomic mass is 10.1. The molecule has 0 atom stereocenters. The summed E-state index contributed by atoms with van der Waals surface area (Å²) in [5.74, 6) is 0.592. The topological polar surface area (TPSA) is 46.6 Å². The number of ether oxygens (including phenoxy) is 1. The van der Waals surface area contributed by atoms with Crippen LogP contribution in [0, 0.1) is 10.5 Å². The van der Waals surface area contributed by atoms with E-state index >= 15 is 0 Å². The van der Waals surface area contributed by atoms with E-state index < -0.39 is 0 Å². The van der Waals surface area contributed by atoms with E-state index in [4.69, 9.17) is 4.74 Å². The Hall–Kier alpha value is -1.80. The number of benzene rings is 2. The highest BCUT2D eigenvalue weighted by Crippen LogP contribution is 2.33. The summed E-state index contributed by atoms with van der Waals surface area (Å²) in [6, 6.07) is 14.0. The smallest absolute Gasteiger partial charge is 0.293 e. The lowest BCUT2D eigenvalue weighted by Crippen LogP contribution is -2.28. The molecular weight excluding hydrogens is 473 g/mol. The summed E-state index contributed by atoms with van der Waals surface area (Å²) in [6.45, 7) is 4.98. The molecule has 0 N–H and O–H groups in total. The van der Waals surface area contributed by atoms with Gasteiger partial charge in [-0.15, -0.1) is 0 Å². The molecular formula is C21H20INO3S. The maximum atomic E-state index is 12.3. The first-order valence-corrected chi connectivity index (χ1v) is 10.6. The summed E-state index contributed by atoms with van der Waals surface area (Å²) in [5.41, 5.74) is 3.22. The van der Waals surface area contributed by atoms with Crippen LogP contribution in [-0.2, 0) is 11.4 Å². The van der Waals surface area contributed by atoms with Gasteiger partial charge in [0, 0.05) is 6.54 Å². The van der Waals surface area contributed by atoms with Crippen molar-refractivity contribution < 1.29 is 14.3 Å². The molecule has 0 radical (unpaired) electrons. The summed E-state index contributed by atoms with van der Waals surface area (Å²) in [7, 11) is 0. The van der Waals surface area contributed by atoms with E-state index in [0.29, 0.717) is 18.1 Å². The monoisotopic (exact) mass is 493 g/mol. The van der Waals surface area contributed by atoms with Crippen LogP contribution in [0.4, 0.5) is 4.79 Å². The minimum Gasteiger partial charge on any atom is -0.488 e. The molecule has 1 saturated heterocycles. The van der Waals surface area contributed by atoms with Gasteiger partial charge in [0.05, 0.1) is 8.48 Å². The lowest BCUT2D eigenvalue weighted by Gasteiger charge is -2.10. The van der Waals surface area contributed by atoms with Crippen LogP contribution in [0.3, 0.4) is 0 Å². The van der Waals surface area contributed by atoms with Crippen LogP contribution >= 0.6 is 34.4 Å². The van der Waals surface area contributed by atoms with Gasteiger partial charge >= 0.3 is 0 Å². The van der Waals surface area contributed by atoms with Crippen molar-refractivity contribution in [1.82, 2.24) is 4.90 Å². The number of amides is 2. The highest BCUT2D eigenvalue weighted by molar-refractivity contribution is 14.1. The second kappa shape index (κ2) is 8.93. The van der Waals surface area contributed by atoms with Crippen LogP contribution in [0.15, 0.2) is 47.4 Å². The van der Waals surface area contributed by atoms with Crippen molar-refractivity contribution in [3.05, 3.63) is 67.6 Å². The Morgan fingerprint density at radius 1 is 1.15 bits per heavy atom. The largest absolute Gasteiger partial charge is 0.488 e. The van der Waals surface area contributed by atoms with Gasteiger partial charge in [0.2, 0.25) is 0 Å². The minimum absolute atomic E-state index is 0.194. The Kier molecular flexibility index (Phi) is 6.59. The number of rotatable bonds is 6. The number of imide groups is 1. The van der Waals surface area contributed by atoms with Gasteiger partial charge in [-0.25, -0.2) is 0 Å². The number of thioether (sulfide) groups is 1. The number of carbonyl (C=O) groups excluding carboxylic acids is 2. The summed E-state index contributed by atoms with van der Waals surface area (Å²) in [6.07, 6.45) is 2.53. The number of carbonyl (C=O) groups is 2. The van der Waals surface area contributed by atoms with Gasteiger partial charge in [0.1, 0.15) is 12.4 Å². The second-order valence-electron chi connectivity index (χ2n) is 6.30. The molecule has 2 aromatic carbocycles. The SMILES string of the molecule is CCCN1C(=O)S/C(=C/c2ccc(OCc3ccc(C)cc3)c(I)c2)C1=O. The maximum Gasteiger partial charge on any atom is 0.293 e.